The van der Waals surface area contributed by atoms with Gasteiger partial charge in [-0.25, -0.2) is 4.98 Å². The van der Waals surface area contributed by atoms with Gasteiger partial charge in [-0.05, 0) is 44.5 Å². The van der Waals surface area contributed by atoms with Gasteiger partial charge in [0.2, 0.25) is 6.79 Å². The van der Waals surface area contributed by atoms with Crippen LogP contribution >= 0.6 is 0 Å². The van der Waals surface area contributed by atoms with Crippen molar-refractivity contribution in [3.8, 4) is 17.2 Å². The number of nitrogens with zero attached hydrogens (tertiary/aromatic N) is 3. The molecule has 2 aliphatic rings. The van der Waals surface area contributed by atoms with E-state index in [9.17, 15) is 4.79 Å². The molecule has 0 radical (unpaired) electrons. The largest absolute Gasteiger partial charge is 0.481 e. The summed E-state index contributed by atoms with van der Waals surface area (Å²) in [5.41, 5.74) is 2.11. The van der Waals surface area contributed by atoms with E-state index in [4.69, 9.17) is 14.2 Å². The highest BCUT2D eigenvalue weighted by Gasteiger charge is 2.32. The molecular weight excluding hydrogens is 370 g/mol. The van der Waals surface area contributed by atoms with Crippen molar-refractivity contribution < 1.29 is 19.0 Å². The third-order valence-corrected chi connectivity index (χ3v) is 5.62. The Hall–Kier alpha value is -3.22. The second-order valence-electron chi connectivity index (χ2n) is 7.52. The van der Waals surface area contributed by atoms with Crippen LogP contribution in [0.15, 0.2) is 42.5 Å². The summed E-state index contributed by atoms with van der Waals surface area (Å²) in [6, 6.07) is 13.7. The molecule has 2 aromatic carbocycles. The summed E-state index contributed by atoms with van der Waals surface area (Å²) in [5.74, 6) is 2.91. The molecule has 0 bridgehead atoms. The van der Waals surface area contributed by atoms with E-state index in [-0.39, 0.29) is 18.7 Å². The molecule has 5 rings (SSSR count). The van der Waals surface area contributed by atoms with Gasteiger partial charge in [-0.3, -0.25) is 4.79 Å². The predicted molar refractivity (Wildman–Crippen MR) is 107 cm³/mol. The van der Waals surface area contributed by atoms with E-state index in [1.165, 1.54) is 0 Å². The standard InChI is InChI=1S/C22H23N3O4/c1-14(29-17-7-8-20-21(11-17)28-13-27-20)22(26)24-10-9-16(12-24)25-15(2)23-18-5-3-4-6-19(18)25/h3-8,11,14,16H,9-10,12-13H2,1-2H3/t14-,16-/m0/s1. The molecule has 29 heavy (non-hydrogen) atoms. The van der Waals surface area contributed by atoms with Gasteiger partial charge < -0.3 is 23.7 Å². The van der Waals surface area contributed by atoms with E-state index in [0.29, 0.717) is 30.3 Å². The van der Waals surface area contributed by atoms with Crippen molar-refractivity contribution in [2.45, 2.75) is 32.4 Å². The number of carbonyl (C=O) groups is 1. The Morgan fingerprint density at radius 1 is 1.21 bits per heavy atom. The first-order valence-corrected chi connectivity index (χ1v) is 9.89. The number of hydrogen-bond acceptors (Lipinski definition) is 5. The number of benzene rings is 2. The molecule has 1 saturated heterocycles. The molecule has 2 aliphatic heterocycles. The molecule has 0 spiro atoms. The number of ether oxygens (including phenoxy) is 3. The number of rotatable bonds is 4. The number of hydrogen-bond donors (Lipinski definition) is 0. The van der Waals surface area contributed by atoms with Gasteiger partial charge >= 0.3 is 0 Å². The zero-order valence-electron chi connectivity index (χ0n) is 16.5. The number of carbonyl (C=O) groups excluding carboxylic acids is 1. The molecule has 150 valence electrons. The Balaban J connectivity index is 1.28. The van der Waals surface area contributed by atoms with Crippen LogP contribution in [0.5, 0.6) is 17.2 Å². The summed E-state index contributed by atoms with van der Waals surface area (Å²) in [4.78, 5) is 19.5. The average molecular weight is 393 g/mol. The minimum Gasteiger partial charge on any atom is -0.481 e. The maximum atomic E-state index is 13.0. The van der Waals surface area contributed by atoms with Crippen LogP contribution in [0, 0.1) is 6.92 Å². The van der Waals surface area contributed by atoms with Crippen LogP contribution in [0.3, 0.4) is 0 Å². The lowest BCUT2D eigenvalue weighted by molar-refractivity contribution is -0.136. The Kier molecular flexibility index (Phi) is 4.30. The predicted octanol–water partition coefficient (Wildman–Crippen LogP) is 3.31. The van der Waals surface area contributed by atoms with Gasteiger partial charge in [-0.1, -0.05) is 12.1 Å². The topological polar surface area (TPSA) is 65.8 Å². The van der Waals surface area contributed by atoms with Gasteiger partial charge in [0.1, 0.15) is 11.6 Å². The molecule has 0 saturated carbocycles. The van der Waals surface area contributed by atoms with Crippen molar-refractivity contribution in [1.82, 2.24) is 14.5 Å². The fourth-order valence-electron chi connectivity index (χ4n) is 4.24. The maximum Gasteiger partial charge on any atom is 0.263 e. The first-order chi connectivity index (χ1) is 14.1. The van der Waals surface area contributed by atoms with Gasteiger partial charge in [-0.15, -0.1) is 0 Å². The van der Waals surface area contributed by atoms with Crippen molar-refractivity contribution in [3.05, 3.63) is 48.3 Å². The van der Waals surface area contributed by atoms with E-state index < -0.39 is 6.10 Å². The lowest BCUT2D eigenvalue weighted by Crippen LogP contribution is -2.39. The molecule has 1 fully saturated rings. The van der Waals surface area contributed by atoms with Crippen LogP contribution in [0.2, 0.25) is 0 Å². The highest BCUT2D eigenvalue weighted by Crippen LogP contribution is 2.35. The van der Waals surface area contributed by atoms with Crippen LogP contribution in [-0.4, -0.2) is 46.3 Å². The zero-order chi connectivity index (χ0) is 20.0. The Morgan fingerprint density at radius 2 is 2.03 bits per heavy atom. The monoisotopic (exact) mass is 393 g/mol. The highest BCUT2D eigenvalue weighted by atomic mass is 16.7. The van der Waals surface area contributed by atoms with Crippen molar-refractivity contribution in [1.29, 1.82) is 0 Å². The molecule has 3 aromatic rings. The molecule has 2 atom stereocenters. The molecule has 0 N–H and O–H groups in total. The molecular formula is C22H23N3O4. The summed E-state index contributed by atoms with van der Waals surface area (Å²) in [6.07, 6.45) is 0.332. The van der Waals surface area contributed by atoms with E-state index in [1.807, 2.05) is 30.0 Å². The van der Waals surface area contributed by atoms with Crippen molar-refractivity contribution in [3.63, 3.8) is 0 Å². The zero-order valence-corrected chi connectivity index (χ0v) is 16.5. The van der Waals surface area contributed by atoms with Crippen LogP contribution in [0.25, 0.3) is 11.0 Å². The number of aromatic nitrogens is 2. The molecule has 3 heterocycles. The van der Waals surface area contributed by atoms with E-state index >= 15 is 0 Å². The number of fused-ring (bicyclic) bond motifs is 2. The minimum absolute atomic E-state index is 0.00718. The summed E-state index contributed by atoms with van der Waals surface area (Å²) < 4.78 is 18.8. The fourth-order valence-corrected chi connectivity index (χ4v) is 4.24. The smallest absolute Gasteiger partial charge is 0.263 e. The molecule has 1 amide bonds. The molecule has 1 aromatic heterocycles. The Labute approximate surface area is 168 Å². The van der Waals surface area contributed by atoms with Crippen LogP contribution in [0.1, 0.15) is 25.2 Å². The van der Waals surface area contributed by atoms with Crippen LogP contribution in [-0.2, 0) is 4.79 Å². The molecule has 7 heteroatoms. The van der Waals surface area contributed by atoms with E-state index in [2.05, 4.69) is 15.6 Å². The Morgan fingerprint density at radius 3 is 2.93 bits per heavy atom. The van der Waals surface area contributed by atoms with Crippen molar-refractivity contribution in [2.75, 3.05) is 19.9 Å². The van der Waals surface area contributed by atoms with E-state index in [0.717, 1.165) is 23.3 Å². The minimum atomic E-state index is -0.574. The van der Waals surface area contributed by atoms with Gasteiger partial charge in [0.05, 0.1) is 17.1 Å². The normalized spacial score (nSPS) is 19.0. The lowest BCUT2D eigenvalue weighted by Gasteiger charge is -2.22. The fraction of sp³-hybridized carbons (Fsp3) is 0.364. The third kappa shape index (κ3) is 3.16. The molecule has 7 nitrogen and oxygen atoms in total. The average Bonchev–Trinajstić information content (AvgIpc) is 3.44. The third-order valence-electron chi connectivity index (χ3n) is 5.62. The van der Waals surface area contributed by atoms with Gasteiger partial charge in [-0.2, -0.15) is 0 Å². The van der Waals surface area contributed by atoms with Gasteiger partial charge in [0, 0.05) is 19.2 Å². The van der Waals surface area contributed by atoms with E-state index in [1.54, 1.807) is 25.1 Å². The van der Waals surface area contributed by atoms with Gasteiger partial charge in [0.15, 0.2) is 17.6 Å². The maximum absolute atomic E-state index is 13.0. The number of aryl methyl sites for hydroxylation is 1. The number of amides is 1. The lowest BCUT2D eigenvalue weighted by atomic mass is 10.2. The Bertz CT molecular complexity index is 1080. The van der Waals surface area contributed by atoms with Gasteiger partial charge in [0.25, 0.3) is 5.91 Å². The van der Waals surface area contributed by atoms with Crippen LogP contribution < -0.4 is 14.2 Å². The summed E-state index contributed by atoms with van der Waals surface area (Å²) >= 11 is 0. The summed E-state index contributed by atoms with van der Waals surface area (Å²) in [6.45, 7) is 5.40. The summed E-state index contributed by atoms with van der Waals surface area (Å²) in [5, 5.41) is 0. The van der Waals surface area contributed by atoms with Crippen molar-refractivity contribution >= 4 is 16.9 Å². The van der Waals surface area contributed by atoms with Crippen LogP contribution in [0.4, 0.5) is 0 Å². The second kappa shape index (κ2) is 6.99. The quantitative estimate of drug-likeness (QED) is 0.680. The highest BCUT2D eigenvalue weighted by molar-refractivity contribution is 5.81. The second-order valence-corrected chi connectivity index (χ2v) is 7.52. The first-order valence-electron chi connectivity index (χ1n) is 9.89. The number of likely N-dealkylation sites (tertiary alicyclic amines) is 1. The summed E-state index contributed by atoms with van der Waals surface area (Å²) in [7, 11) is 0. The number of para-hydroxylation sites is 2. The molecule has 0 unspecified atom stereocenters. The SMILES string of the molecule is Cc1nc2ccccc2n1[C@H]1CCN(C(=O)[C@H](C)Oc2ccc3c(c2)OCO3)C1. The first kappa shape index (κ1) is 17.8. The number of imidazole rings is 1. The molecule has 0 aliphatic carbocycles. The van der Waals surface area contributed by atoms with Crippen molar-refractivity contribution in [2.24, 2.45) is 0 Å².